The number of hydrogen-bond donors (Lipinski definition) is 1. The first-order valence-electron chi connectivity index (χ1n) is 7.26. The third-order valence-electron chi connectivity index (χ3n) is 3.25. The van der Waals surface area contributed by atoms with Crippen molar-refractivity contribution in [2.45, 2.75) is 45.6 Å². The summed E-state index contributed by atoms with van der Waals surface area (Å²) >= 11 is 0. The van der Waals surface area contributed by atoms with E-state index in [9.17, 15) is 4.79 Å². The van der Waals surface area contributed by atoms with Gasteiger partial charge in [0, 0.05) is 18.9 Å². The van der Waals surface area contributed by atoms with Crippen LogP contribution in [0.2, 0.25) is 0 Å². The molecule has 21 heavy (non-hydrogen) atoms. The zero-order valence-corrected chi connectivity index (χ0v) is 12.5. The monoisotopic (exact) mass is 287 g/mol. The largest absolute Gasteiger partial charge is 0.354 e. The number of hydrogen-bond acceptors (Lipinski definition) is 4. The van der Waals surface area contributed by atoms with E-state index in [1.54, 1.807) is 6.92 Å². The van der Waals surface area contributed by atoms with E-state index in [1.165, 1.54) is 5.56 Å². The van der Waals surface area contributed by atoms with Gasteiger partial charge < -0.3 is 9.84 Å². The first kappa shape index (κ1) is 15.2. The quantitative estimate of drug-likeness (QED) is 0.849. The topological polar surface area (TPSA) is 68.0 Å². The Morgan fingerprint density at radius 2 is 2.05 bits per heavy atom. The smallest absolute Gasteiger partial charge is 0.227 e. The van der Waals surface area contributed by atoms with Gasteiger partial charge in [-0.3, -0.25) is 4.79 Å². The molecule has 2 aromatic rings. The van der Waals surface area contributed by atoms with E-state index >= 15 is 0 Å². The van der Waals surface area contributed by atoms with Crippen LogP contribution in [-0.2, 0) is 17.6 Å². The highest BCUT2D eigenvalue weighted by molar-refractivity contribution is 5.76. The van der Waals surface area contributed by atoms with Crippen LogP contribution in [0.1, 0.15) is 37.0 Å². The molecule has 0 bridgehead atoms. The van der Waals surface area contributed by atoms with Crippen LogP contribution in [-0.4, -0.2) is 22.1 Å². The van der Waals surface area contributed by atoms with Gasteiger partial charge >= 0.3 is 0 Å². The van der Waals surface area contributed by atoms with Crippen molar-refractivity contribution in [1.82, 2.24) is 15.5 Å². The fourth-order valence-corrected chi connectivity index (χ4v) is 2.11. The fourth-order valence-electron chi connectivity index (χ4n) is 2.11. The first-order chi connectivity index (χ1) is 10.1. The van der Waals surface area contributed by atoms with Crippen LogP contribution in [0.3, 0.4) is 0 Å². The molecule has 1 aromatic heterocycles. The zero-order valence-electron chi connectivity index (χ0n) is 12.5. The van der Waals surface area contributed by atoms with Crippen LogP contribution in [0.25, 0.3) is 0 Å². The van der Waals surface area contributed by atoms with Crippen LogP contribution in [0.5, 0.6) is 0 Å². The number of carbonyl (C=O) groups is 1. The van der Waals surface area contributed by atoms with Gasteiger partial charge in [-0.25, -0.2) is 0 Å². The summed E-state index contributed by atoms with van der Waals surface area (Å²) in [5, 5.41) is 6.70. The molecular weight excluding hydrogens is 266 g/mol. The van der Waals surface area contributed by atoms with Crippen LogP contribution >= 0.6 is 0 Å². The average molecular weight is 287 g/mol. The summed E-state index contributed by atoms with van der Waals surface area (Å²) in [6.45, 7) is 3.79. The molecule has 0 aliphatic carbocycles. The number of amides is 1. The summed E-state index contributed by atoms with van der Waals surface area (Å²) in [5.74, 6) is 1.13. The van der Waals surface area contributed by atoms with E-state index in [0.29, 0.717) is 24.6 Å². The number of aromatic nitrogens is 2. The van der Waals surface area contributed by atoms with Crippen LogP contribution < -0.4 is 5.32 Å². The number of aryl methyl sites for hydroxylation is 3. The minimum atomic E-state index is 0.0198. The summed E-state index contributed by atoms with van der Waals surface area (Å²) < 4.78 is 4.98. The van der Waals surface area contributed by atoms with Crippen molar-refractivity contribution >= 4 is 5.91 Å². The molecule has 0 fully saturated rings. The lowest BCUT2D eigenvalue weighted by atomic mass is 10.1. The number of benzene rings is 1. The van der Waals surface area contributed by atoms with Gasteiger partial charge in [0.2, 0.25) is 11.8 Å². The van der Waals surface area contributed by atoms with Gasteiger partial charge in [0.25, 0.3) is 0 Å². The second-order valence-corrected chi connectivity index (χ2v) is 5.23. The third kappa shape index (κ3) is 5.38. The number of nitrogens with zero attached hydrogens (tertiary/aromatic N) is 2. The Balaban J connectivity index is 1.67. The number of nitrogens with one attached hydrogen (secondary N) is 1. The molecule has 0 saturated carbocycles. The average Bonchev–Trinajstić information content (AvgIpc) is 2.90. The van der Waals surface area contributed by atoms with Crippen molar-refractivity contribution in [2.75, 3.05) is 0 Å². The Bertz CT molecular complexity index is 566. The predicted octanol–water partition coefficient (Wildman–Crippen LogP) is 2.45. The predicted molar refractivity (Wildman–Crippen MR) is 79.7 cm³/mol. The normalized spacial score (nSPS) is 12.1. The minimum absolute atomic E-state index is 0.0198. The lowest BCUT2D eigenvalue weighted by molar-refractivity contribution is -0.121. The molecule has 0 spiro atoms. The maximum Gasteiger partial charge on any atom is 0.227 e. The van der Waals surface area contributed by atoms with Gasteiger partial charge in [-0.1, -0.05) is 35.5 Å². The molecule has 1 heterocycles. The van der Waals surface area contributed by atoms with Crippen molar-refractivity contribution in [2.24, 2.45) is 0 Å². The SMILES string of the molecule is Cc1noc(CCC(=O)NC(C)CCc2ccccc2)n1. The van der Waals surface area contributed by atoms with E-state index < -0.39 is 0 Å². The minimum Gasteiger partial charge on any atom is -0.354 e. The molecule has 1 N–H and O–H groups in total. The van der Waals surface area contributed by atoms with Crippen molar-refractivity contribution in [1.29, 1.82) is 0 Å². The first-order valence-corrected chi connectivity index (χ1v) is 7.26. The molecule has 1 amide bonds. The molecule has 1 unspecified atom stereocenters. The molecule has 112 valence electrons. The van der Waals surface area contributed by atoms with Gasteiger partial charge in [0.15, 0.2) is 5.82 Å². The molecule has 0 radical (unpaired) electrons. The van der Waals surface area contributed by atoms with Crippen LogP contribution in [0.4, 0.5) is 0 Å². The number of rotatable bonds is 7. The maximum absolute atomic E-state index is 11.8. The Morgan fingerprint density at radius 3 is 2.71 bits per heavy atom. The highest BCUT2D eigenvalue weighted by atomic mass is 16.5. The summed E-state index contributed by atoms with van der Waals surface area (Å²) in [5.41, 5.74) is 1.29. The summed E-state index contributed by atoms with van der Waals surface area (Å²) in [7, 11) is 0. The lowest BCUT2D eigenvalue weighted by Gasteiger charge is -2.13. The Labute approximate surface area is 124 Å². The van der Waals surface area contributed by atoms with Crippen molar-refractivity contribution < 1.29 is 9.32 Å². The van der Waals surface area contributed by atoms with Crippen molar-refractivity contribution in [3.63, 3.8) is 0 Å². The molecule has 0 aliphatic rings. The summed E-state index contributed by atoms with van der Waals surface area (Å²) in [4.78, 5) is 15.9. The molecule has 5 heteroatoms. The highest BCUT2D eigenvalue weighted by Crippen LogP contribution is 2.05. The van der Waals surface area contributed by atoms with E-state index in [2.05, 4.69) is 27.6 Å². The van der Waals surface area contributed by atoms with Crippen molar-refractivity contribution in [3.05, 3.63) is 47.6 Å². The van der Waals surface area contributed by atoms with Gasteiger partial charge in [-0.2, -0.15) is 4.98 Å². The maximum atomic E-state index is 11.8. The highest BCUT2D eigenvalue weighted by Gasteiger charge is 2.10. The lowest BCUT2D eigenvalue weighted by Crippen LogP contribution is -2.33. The van der Waals surface area contributed by atoms with Gasteiger partial charge in [0.05, 0.1) is 0 Å². The summed E-state index contributed by atoms with van der Waals surface area (Å²) in [6.07, 6.45) is 2.75. The van der Waals surface area contributed by atoms with Gasteiger partial charge in [-0.15, -0.1) is 0 Å². The molecule has 1 aromatic carbocycles. The Hall–Kier alpha value is -2.17. The second kappa shape index (κ2) is 7.57. The van der Waals surface area contributed by atoms with E-state index in [1.807, 2.05) is 25.1 Å². The number of carbonyl (C=O) groups excluding carboxylic acids is 1. The van der Waals surface area contributed by atoms with E-state index in [4.69, 9.17) is 4.52 Å². The van der Waals surface area contributed by atoms with Gasteiger partial charge in [0.1, 0.15) is 0 Å². The summed E-state index contributed by atoms with van der Waals surface area (Å²) in [6, 6.07) is 10.4. The zero-order chi connectivity index (χ0) is 15.1. The molecule has 0 aliphatic heterocycles. The molecule has 1 atom stereocenters. The van der Waals surface area contributed by atoms with Crippen molar-refractivity contribution in [3.8, 4) is 0 Å². The van der Waals surface area contributed by atoms with Crippen LogP contribution in [0.15, 0.2) is 34.9 Å². The standard InChI is InChI=1S/C16H21N3O2/c1-12(8-9-14-6-4-3-5-7-14)17-15(20)10-11-16-18-13(2)19-21-16/h3-7,12H,8-11H2,1-2H3,(H,17,20). The van der Waals surface area contributed by atoms with Crippen LogP contribution in [0, 0.1) is 6.92 Å². The Morgan fingerprint density at radius 1 is 1.29 bits per heavy atom. The van der Waals surface area contributed by atoms with Gasteiger partial charge in [-0.05, 0) is 32.3 Å². The third-order valence-corrected chi connectivity index (χ3v) is 3.25. The molecular formula is C16H21N3O2. The Kier molecular flexibility index (Phi) is 5.49. The molecule has 2 rings (SSSR count). The molecule has 5 nitrogen and oxygen atoms in total. The van der Waals surface area contributed by atoms with E-state index in [-0.39, 0.29) is 11.9 Å². The fraction of sp³-hybridized carbons (Fsp3) is 0.438. The van der Waals surface area contributed by atoms with E-state index in [0.717, 1.165) is 12.8 Å². The second-order valence-electron chi connectivity index (χ2n) is 5.23. The molecule has 0 saturated heterocycles.